The van der Waals surface area contributed by atoms with Gasteiger partial charge in [-0.05, 0) is 32.3 Å². The molecular formula is C15H25N3O3. The first-order chi connectivity index (χ1) is 9.73. The van der Waals surface area contributed by atoms with Crippen molar-refractivity contribution in [3.63, 3.8) is 0 Å². The summed E-state index contributed by atoms with van der Waals surface area (Å²) in [6, 6.07) is 4.79. The number of nitro benzene ring substituents is 1. The van der Waals surface area contributed by atoms with E-state index in [4.69, 9.17) is 0 Å². The van der Waals surface area contributed by atoms with Crippen LogP contribution in [0.25, 0.3) is 0 Å². The van der Waals surface area contributed by atoms with Crippen LogP contribution in [0.5, 0.6) is 0 Å². The topological polar surface area (TPSA) is 87.4 Å². The van der Waals surface area contributed by atoms with E-state index in [0.717, 1.165) is 0 Å². The third kappa shape index (κ3) is 5.99. The molecule has 0 radical (unpaired) electrons. The number of nitrogens with one attached hydrogen (secondary N) is 2. The lowest BCUT2D eigenvalue weighted by Crippen LogP contribution is -2.34. The lowest BCUT2D eigenvalue weighted by Gasteiger charge is -2.26. The molecule has 0 bridgehead atoms. The highest BCUT2D eigenvalue weighted by atomic mass is 16.6. The van der Waals surface area contributed by atoms with Gasteiger partial charge in [0.1, 0.15) is 0 Å². The van der Waals surface area contributed by atoms with E-state index < -0.39 is 10.5 Å². The van der Waals surface area contributed by atoms with Crippen molar-refractivity contribution in [2.75, 3.05) is 23.7 Å². The van der Waals surface area contributed by atoms with Gasteiger partial charge in [0.15, 0.2) is 0 Å². The van der Waals surface area contributed by atoms with Gasteiger partial charge in [-0.3, -0.25) is 10.1 Å². The van der Waals surface area contributed by atoms with Crippen molar-refractivity contribution in [2.24, 2.45) is 5.92 Å². The zero-order valence-electron chi connectivity index (χ0n) is 13.1. The van der Waals surface area contributed by atoms with Crippen LogP contribution < -0.4 is 10.6 Å². The Hall–Kier alpha value is -1.82. The molecule has 118 valence electrons. The summed E-state index contributed by atoms with van der Waals surface area (Å²) in [5, 5.41) is 27.4. The van der Waals surface area contributed by atoms with Crippen molar-refractivity contribution in [1.29, 1.82) is 0 Å². The maximum absolute atomic E-state index is 11.0. The average molecular weight is 295 g/mol. The first-order valence-corrected chi connectivity index (χ1v) is 7.23. The minimum absolute atomic E-state index is 0.0273. The van der Waals surface area contributed by atoms with Gasteiger partial charge in [-0.1, -0.05) is 13.8 Å². The van der Waals surface area contributed by atoms with E-state index >= 15 is 0 Å². The van der Waals surface area contributed by atoms with Crippen LogP contribution in [0.3, 0.4) is 0 Å². The van der Waals surface area contributed by atoms with Crippen LogP contribution in [0.1, 0.15) is 34.1 Å². The zero-order chi connectivity index (χ0) is 16.0. The van der Waals surface area contributed by atoms with E-state index in [1.165, 1.54) is 12.1 Å². The van der Waals surface area contributed by atoms with Crippen LogP contribution in [0.15, 0.2) is 18.2 Å². The highest BCUT2D eigenvalue weighted by Gasteiger charge is 2.22. The average Bonchev–Trinajstić information content (AvgIpc) is 2.35. The molecule has 0 amide bonds. The molecule has 0 spiro atoms. The SMILES string of the molecule is CCNc1cc(NCC(C)(O)CC(C)C)cc([N+](=O)[O-])c1. The molecule has 1 atom stereocenters. The normalized spacial score (nSPS) is 13.8. The number of nitrogens with zero attached hydrogens (tertiary/aromatic N) is 1. The molecule has 3 N–H and O–H groups in total. The lowest BCUT2D eigenvalue weighted by molar-refractivity contribution is -0.384. The quantitative estimate of drug-likeness (QED) is 0.506. The molecule has 1 aromatic rings. The van der Waals surface area contributed by atoms with Gasteiger partial charge in [0.25, 0.3) is 5.69 Å². The first-order valence-electron chi connectivity index (χ1n) is 7.23. The third-order valence-electron chi connectivity index (χ3n) is 3.03. The van der Waals surface area contributed by atoms with Crippen molar-refractivity contribution < 1.29 is 10.0 Å². The van der Waals surface area contributed by atoms with Gasteiger partial charge in [-0.2, -0.15) is 0 Å². The number of non-ortho nitro benzene ring substituents is 1. The number of rotatable bonds is 8. The van der Waals surface area contributed by atoms with Crippen molar-refractivity contribution in [3.05, 3.63) is 28.3 Å². The van der Waals surface area contributed by atoms with Gasteiger partial charge in [-0.15, -0.1) is 0 Å². The molecule has 0 fully saturated rings. The highest BCUT2D eigenvalue weighted by molar-refractivity contribution is 5.63. The molecule has 0 heterocycles. The maximum atomic E-state index is 11.0. The van der Waals surface area contributed by atoms with E-state index in [-0.39, 0.29) is 5.69 Å². The number of anilines is 2. The smallest absolute Gasteiger partial charge is 0.273 e. The van der Waals surface area contributed by atoms with Crippen molar-refractivity contribution in [2.45, 2.75) is 39.7 Å². The summed E-state index contributed by atoms with van der Waals surface area (Å²) in [5.41, 5.74) is 0.498. The zero-order valence-corrected chi connectivity index (χ0v) is 13.1. The second-order valence-corrected chi connectivity index (χ2v) is 6.00. The van der Waals surface area contributed by atoms with Crippen molar-refractivity contribution in [1.82, 2.24) is 0 Å². The van der Waals surface area contributed by atoms with Gasteiger partial charge in [0.2, 0.25) is 0 Å². The third-order valence-corrected chi connectivity index (χ3v) is 3.03. The number of nitro groups is 1. The minimum Gasteiger partial charge on any atom is -0.388 e. The second kappa shape index (κ2) is 7.26. The van der Waals surface area contributed by atoms with Crippen LogP contribution in [0.2, 0.25) is 0 Å². The molecule has 0 aromatic heterocycles. The standard InChI is InChI=1S/C15H25N3O3/c1-5-16-12-6-13(8-14(7-12)18(20)21)17-10-15(4,19)9-11(2)3/h6-8,11,16-17,19H,5,9-10H2,1-4H3. The Bertz CT molecular complexity index is 487. The molecule has 1 aromatic carbocycles. The second-order valence-electron chi connectivity index (χ2n) is 6.00. The summed E-state index contributed by atoms with van der Waals surface area (Å²) in [5.74, 6) is 0.379. The molecule has 1 unspecified atom stereocenters. The molecule has 0 aliphatic carbocycles. The summed E-state index contributed by atoms with van der Waals surface area (Å²) in [6.45, 7) is 8.82. The Morgan fingerprint density at radius 3 is 2.33 bits per heavy atom. The Labute approximate surface area is 125 Å². The fourth-order valence-corrected chi connectivity index (χ4v) is 2.37. The molecule has 6 heteroatoms. The van der Waals surface area contributed by atoms with Crippen LogP contribution in [-0.2, 0) is 0 Å². The summed E-state index contributed by atoms with van der Waals surface area (Å²) in [6.07, 6.45) is 0.662. The summed E-state index contributed by atoms with van der Waals surface area (Å²) < 4.78 is 0. The molecular weight excluding hydrogens is 270 g/mol. The molecule has 0 saturated carbocycles. The van der Waals surface area contributed by atoms with Crippen molar-refractivity contribution >= 4 is 17.1 Å². The van der Waals surface area contributed by atoms with E-state index in [0.29, 0.717) is 36.8 Å². The molecule has 21 heavy (non-hydrogen) atoms. The molecule has 0 aliphatic heterocycles. The van der Waals surface area contributed by atoms with Crippen LogP contribution >= 0.6 is 0 Å². The highest BCUT2D eigenvalue weighted by Crippen LogP contribution is 2.25. The number of hydrogen-bond donors (Lipinski definition) is 3. The summed E-state index contributed by atoms with van der Waals surface area (Å²) in [4.78, 5) is 10.5. The molecule has 0 saturated heterocycles. The lowest BCUT2D eigenvalue weighted by atomic mass is 9.94. The Kier molecular flexibility index (Phi) is 5.96. The number of hydrogen-bond acceptors (Lipinski definition) is 5. The van der Waals surface area contributed by atoms with Crippen molar-refractivity contribution in [3.8, 4) is 0 Å². The van der Waals surface area contributed by atoms with E-state index in [2.05, 4.69) is 10.6 Å². The number of benzene rings is 1. The first kappa shape index (κ1) is 17.2. The van der Waals surface area contributed by atoms with Gasteiger partial charge < -0.3 is 15.7 Å². The van der Waals surface area contributed by atoms with Crippen LogP contribution in [-0.4, -0.2) is 28.7 Å². The fourth-order valence-electron chi connectivity index (χ4n) is 2.37. The predicted molar refractivity (Wildman–Crippen MR) is 85.8 cm³/mol. The van der Waals surface area contributed by atoms with Gasteiger partial charge in [-0.25, -0.2) is 0 Å². The van der Waals surface area contributed by atoms with Crippen LogP contribution in [0, 0.1) is 16.0 Å². The number of aliphatic hydroxyl groups is 1. The van der Waals surface area contributed by atoms with E-state index in [9.17, 15) is 15.2 Å². The summed E-state index contributed by atoms with van der Waals surface area (Å²) >= 11 is 0. The Morgan fingerprint density at radius 2 is 1.86 bits per heavy atom. The Morgan fingerprint density at radius 1 is 1.29 bits per heavy atom. The van der Waals surface area contributed by atoms with Crippen LogP contribution in [0.4, 0.5) is 17.1 Å². The molecule has 1 rings (SSSR count). The predicted octanol–water partition coefficient (Wildman–Crippen LogP) is 3.24. The molecule has 0 aliphatic rings. The monoisotopic (exact) mass is 295 g/mol. The van der Waals surface area contributed by atoms with E-state index in [1.54, 1.807) is 6.92 Å². The minimum atomic E-state index is -0.850. The summed E-state index contributed by atoms with van der Waals surface area (Å²) in [7, 11) is 0. The largest absolute Gasteiger partial charge is 0.388 e. The maximum Gasteiger partial charge on any atom is 0.273 e. The fraction of sp³-hybridized carbons (Fsp3) is 0.600. The molecule has 6 nitrogen and oxygen atoms in total. The van der Waals surface area contributed by atoms with Gasteiger partial charge in [0.05, 0.1) is 10.5 Å². The Balaban J connectivity index is 2.84. The van der Waals surface area contributed by atoms with Gasteiger partial charge >= 0.3 is 0 Å². The van der Waals surface area contributed by atoms with Gasteiger partial charge in [0, 0.05) is 36.6 Å². The van der Waals surface area contributed by atoms with E-state index in [1.807, 2.05) is 26.8 Å².